The third kappa shape index (κ3) is 3.26. The van der Waals surface area contributed by atoms with Gasteiger partial charge in [0.15, 0.2) is 0 Å². The molecule has 0 spiro atoms. The van der Waals surface area contributed by atoms with Crippen molar-refractivity contribution in [3.8, 4) is 5.75 Å². The Morgan fingerprint density at radius 2 is 2.06 bits per heavy atom. The highest BCUT2D eigenvalue weighted by molar-refractivity contribution is 5.29. The van der Waals surface area contributed by atoms with Crippen molar-refractivity contribution in [3.63, 3.8) is 0 Å². The lowest BCUT2D eigenvalue weighted by molar-refractivity contribution is 0.216. The summed E-state index contributed by atoms with van der Waals surface area (Å²) in [5.41, 5.74) is 1.17. The largest absolute Gasteiger partial charge is 0.508 e. The molecule has 0 aromatic heterocycles. The van der Waals surface area contributed by atoms with E-state index in [-0.39, 0.29) is 0 Å². The molecule has 0 aliphatic heterocycles. The maximum absolute atomic E-state index is 9.53. The van der Waals surface area contributed by atoms with Gasteiger partial charge < -0.3 is 10.4 Å². The Kier molecular flexibility index (Phi) is 4.28. The molecule has 1 aromatic carbocycles. The molecule has 2 heteroatoms. The molecule has 1 fully saturated rings. The third-order valence-electron chi connectivity index (χ3n) is 4.27. The molecule has 2 N–H and O–H groups in total. The van der Waals surface area contributed by atoms with Crippen molar-refractivity contribution in [2.75, 3.05) is 0 Å². The molecule has 2 rings (SSSR count). The maximum atomic E-state index is 9.53. The number of hydrogen-bond acceptors (Lipinski definition) is 2. The minimum Gasteiger partial charge on any atom is -0.508 e. The number of hydrogen-bond donors (Lipinski definition) is 2. The van der Waals surface area contributed by atoms with Gasteiger partial charge in [-0.2, -0.15) is 0 Å². The van der Waals surface area contributed by atoms with E-state index in [1.165, 1.54) is 24.8 Å². The first-order valence-corrected chi connectivity index (χ1v) is 7.11. The van der Waals surface area contributed by atoms with E-state index in [2.05, 4.69) is 32.2 Å². The van der Waals surface area contributed by atoms with Gasteiger partial charge >= 0.3 is 0 Å². The Bertz CT molecular complexity index is 390. The van der Waals surface area contributed by atoms with Crippen LogP contribution in [-0.2, 0) is 0 Å². The second-order valence-electron chi connectivity index (χ2n) is 5.99. The summed E-state index contributed by atoms with van der Waals surface area (Å²) in [5, 5.41) is 13.2. The summed E-state index contributed by atoms with van der Waals surface area (Å²) in [5.74, 6) is 1.97. The SMILES string of the molecule is CC1CCC(NC(C)c2cccc(O)c2)C(C)C1. The van der Waals surface area contributed by atoms with Crippen LogP contribution in [0.3, 0.4) is 0 Å². The molecular formula is C16H25NO. The highest BCUT2D eigenvalue weighted by Gasteiger charge is 2.26. The number of phenols is 1. The van der Waals surface area contributed by atoms with Crippen LogP contribution in [0.5, 0.6) is 5.75 Å². The molecule has 0 bridgehead atoms. The third-order valence-corrected chi connectivity index (χ3v) is 4.27. The van der Waals surface area contributed by atoms with E-state index in [4.69, 9.17) is 0 Å². The van der Waals surface area contributed by atoms with E-state index in [0.717, 1.165) is 11.8 Å². The second-order valence-corrected chi connectivity index (χ2v) is 5.99. The molecule has 1 aliphatic rings. The van der Waals surface area contributed by atoms with Gasteiger partial charge in [-0.05, 0) is 55.7 Å². The number of nitrogens with one attached hydrogen (secondary N) is 1. The fourth-order valence-corrected chi connectivity index (χ4v) is 3.12. The summed E-state index contributed by atoms with van der Waals surface area (Å²) in [4.78, 5) is 0. The molecule has 1 aromatic rings. The maximum Gasteiger partial charge on any atom is 0.115 e. The van der Waals surface area contributed by atoms with Crippen molar-refractivity contribution >= 4 is 0 Å². The van der Waals surface area contributed by atoms with E-state index in [1.807, 2.05) is 12.1 Å². The summed E-state index contributed by atoms with van der Waals surface area (Å²) in [7, 11) is 0. The normalized spacial score (nSPS) is 30.1. The molecule has 4 unspecified atom stereocenters. The zero-order valence-electron chi connectivity index (χ0n) is 11.7. The molecule has 100 valence electrons. The molecular weight excluding hydrogens is 222 g/mol. The Balaban J connectivity index is 1.97. The van der Waals surface area contributed by atoms with Crippen LogP contribution >= 0.6 is 0 Å². The fourth-order valence-electron chi connectivity index (χ4n) is 3.12. The van der Waals surface area contributed by atoms with Crippen molar-refractivity contribution in [1.82, 2.24) is 5.32 Å². The molecule has 0 radical (unpaired) electrons. The monoisotopic (exact) mass is 247 g/mol. The molecule has 18 heavy (non-hydrogen) atoms. The van der Waals surface area contributed by atoms with Gasteiger partial charge in [0.05, 0.1) is 0 Å². The van der Waals surface area contributed by atoms with Crippen molar-refractivity contribution in [3.05, 3.63) is 29.8 Å². The minimum absolute atomic E-state index is 0.304. The van der Waals surface area contributed by atoms with Gasteiger partial charge in [0, 0.05) is 12.1 Å². The predicted molar refractivity (Wildman–Crippen MR) is 75.6 cm³/mol. The highest BCUT2D eigenvalue weighted by Crippen LogP contribution is 2.30. The lowest BCUT2D eigenvalue weighted by Gasteiger charge is -2.35. The minimum atomic E-state index is 0.304. The highest BCUT2D eigenvalue weighted by atomic mass is 16.3. The number of rotatable bonds is 3. The Hall–Kier alpha value is -1.02. The van der Waals surface area contributed by atoms with Crippen molar-refractivity contribution in [2.45, 2.75) is 52.1 Å². The Labute approximate surface area is 110 Å². The topological polar surface area (TPSA) is 32.3 Å². The van der Waals surface area contributed by atoms with Crippen LogP contribution in [0, 0.1) is 11.8 Å². The smallest absolute Gasteiger partial charge is 0.115 e. The van der Waals surface area contributed by atoms with Gasteiger partial charge in [-0.25, -0.2) is 0 Å². The number of benzene rings is 1. The molecule has 1 saturated carbocycles. The summed E-state index contributed by atoms with van der Waals surface area (Å²) >= 11 is 0. The van der Waals surface area contributed by atoms with Gasteiger partial charge in [-0.1, -0.05) is 26.0 Å². The van der Waals surface area contributed by atoms with Crippen LogP contribution in [0.25, 0.3) is 0 Å². The zero-order valence-corrected chi connectivity index (χ0v) is 11.7. The van der Waals surface area contributed by atoms with Crippen LogP contribution in [0.4, 0.5) is 0 Å². The average Bonchev–Trinajstić information content (AvgIpc) is 2.32. The van der Waals surface area contributed by atoms with E-state index in [0.29, 0.717) is 17.8 Å². The van der Waals surface area contributed by atoms with Gasteiger partial charge in [-0.15, -0.1) is 0 Å². The van der Waals surface area contributed by atoms with Crippen LogP contribution in [0.15, 0.2) is 24.3 Å². The van der Waals surface area contributed by atoms with E-state index < -0.39 is 0 Å². The van der Waals surface area contributed by atoms with Crippen LogP contribution in [0.1, 0.15) is 51.6 Å². The van der Waals surface area contributed by atoms with Gasteiger partial charge in [0.2, 0.25) is 0 Å². The zero-order chi connectivity index (χ0) is 13.1. The van der Waals surface area contributed by atoms with Gasteiger partial charge in [-0.3, -0.25) is 0 Å². The van der Waals surface area contributed by atoms with Gasteiger partial charge in [0.25, 0.3) is 0 Å². The fraction of sp³-hybridized carbons (Fsp3) is 0.625. The van der Waals surface area contributed by atoms with E-state index >= 15 is 0 Å². The van der Waals surface area contributed by atoms with E-state index in [1.54, 1.807) is 6.07 Å². The standard InChI is InChI=1S/C16H25NO/c1-11-7-8-16(12(2)9-11)17-13(3)14-5-4-6-15(18)10-14/h4-6,10-13,16-18H,7-9H2,1-3H3. The van der Waals surface area contributed by atoms with Crippen molar-refractivity contribution in [2.24, 2.45) is 11.8 Å². The molecule has 0 heterocycles. The summed E-state index contributed by atoms with van der Waals surface area (Å²) < 4.78 is 0. The van der Waals surface area contributed by atoms with Crippen LogP contribution in [0.2, 0.25) is 0 Å². The first-order valence-electron chi connectivity index (χ1n) is 7.11. The van der Waals surface area contributed by atoms with Crippen LogP contribution < -0.4 is 5.32 Å². The summed E-state index contributed by atoms with van der Waals surface area (Å²) in [6.07, 6.45) is 3.92. The molecule has 2 nitrogen and oxygen atoms in total. The molecule has 1 aliphatic carbocycles. The first kappa shape index (κ1) is 13.4. The Morgan fingerprint density at radius 3 is 2.72 bits per heavy atom. The molecule has 0 saturated heterocycles. The van der Waals surface area contributed by atoms with Crippen molar-refractivity contribution < 1.29 is 5.11 Å². The predicted octanol–water partition coefficient (Wildman–Crippen LogP) is 3.87. The lowest BCUT2D eigenvalue weighted by atomic mass is 9.79. The number of aromatic hydroxyl groups is 1. The van der Waals surface area contributed by atoms with Gasteiger partial charge in [0.1, 0.15) is 5.75 Å². The number of phenolic OH excluding ortho intramolecular Hbond substituents is 1. The quantitative estimate of drug-likeness (QED) is 0.850. The lowest BCUT2D eigenvalue weighted by Crippen LogP contribution is -2.40. The Morgan fingerprint density at radius 1 is 1.28 bits per heavy atom. The average molecular weight is 247 g/mol. The molecule has 0 amide bonds. The summed E-state index contributed by atoms with van der Waals surface area (Å²) in [6.45, 7) is 6.88. The molecule has 4 atom stereocenters. The second kappa shape index (κ2) is 5.75. The van der Waals surface area contributed by atoms with E-state index in [9.17, 15) is 5.11 Å². The van der Waals surface area contributed by atoms with Crippen molar-refractivity contribution in [1.29, 1.82) is 0 Å². The first-order chi connectivity index (χ1) is 8.56. The van der Waals surface area contributed by atoms with Crippen LogP contribution in [-0.4, -0.2) is 11.1 Å². The summed E-state index contributed by atoms with van der Waals surface area (Å²) in [6, 6.07) is 8.48.